The van der Waals surface area contributed by atoms with E-state index in [1.165, 1.54) is 24.3 Å². The molecule has 5 nitrogen and oxygen atoms in total. The zero-order valence-electron chi connectivity index (χ0n) is 17.3. The van der Waals surface area contributed by atoms with Crippen LogP contribution in [0.4, 0.5) is 18.9 Å². The lowest BCUT2D eigenvalue weighted by molar-refractivity contribution is -0.887. The summed E-state index contributed by atoms with van der Waals surface area (Å²) in [7, 11) is 0.112. The molecule has 1 aliphatic rings. The highest BCUT2D eigenvalue weighted by molar-refractivity contribution is 7.85. The molecule has 0 saturated carbocycles. The smallest absolute Gasteiger partial charge is 0.416 e. The summed E-state index contributed by atoms with van der Waals surface area (Å²) < 4.78 is 69.7. The topological polar surface area (TPSA) is 60.4 Å². The van der Waals surface area contributed by atoms with Crippen LogP contribution in [-0.4, -0.2) is 57.7 Å². The molecule has 1 fully saturated rings. The largest absolute Gasteiger partial charge is 0.744 e. The number of quaternary nitrogens is 1. The summed E-state index contributed by atoms with van der Waals surface area (Å²) >= 11 is 0. The molecule has 174 valence electrons. The number of alkyl halides is 3. The maximum absolute atomic E-state index is 12.5. The van der Waals surface area contributed by atoms with Gasteiger partial charge in [-0.25, -0.2) is 8.42 Å². The van der Waals surface area contributed by atoms with Crippen LogP contribution < -0.4 is 4.90 Å². The van der Waals surface area contributed by atoms with Gasteiger partial charge in [0.15, 0.2) is 0 Å². The molecule has 0 bridgehead atoms. The normalized spacial score (nSPS) is 16.4. The van der Waals surface area contributed by atoms with Gasteiger partial charge in [0.1, 0.15) is 10.1 Å². The summed E-state index contributed by atoms with van der Waals surface area (Å²) in [5.74, 6) is 0. The van der Waals surface area contributed by atoms with E-state index in [4.69, 9.17) is 0 Å². The number of likely N-dealkylation sites (N-methyl/N-ethyl adjacent to an activating group) is 1. The molecule has 1 saturated heterocycles. The first-order chi connectivity index (χ1) is 13.8. The van der Waals surface area contributed by atoms with E-state index < -0.39 is 21.9 Å². The molecule has 31 heavy (non-hydrogen) atoms. The van der Waals surface area contributed by atoms with E-state index in [1.807, 2.05) is 6.92 Å². The summed E-state index contributed by atoms with van der Waals surface area (Å²) in [6, 6.07) is 11.3. The molecule has 0 atom stereocenters. The van der Waals surface area contributed by atoms with E-state index >= 15 is 0 Å². The molecule has 0 spiro atoms. The molecular formula is C22H31F3N2O3S. The lowest BCUT2D eigenvalue weighted by atomic mass is 10.2. The van der Waals surface area contributed by atoms with Gasteiger partial charge in [-0.05, 0) is 43.3 Å². The van der Waals surface area contributed by atoms with Crippen LogP contribution in [0.5, 0.6) is 0 Å². The first kappa shape index (κ1) is 26.9. The zero-order chi connectivity index (χ0) is 22.6. The van der Waals surface area contributed by atoms with Crippen LogP contribution in [0.3, 0.4) is 0 Å². The summed E-state index contributed by atoms with van der Waals surface area (Å²) in [5, 5.41) is 0. The van der Waals surface area contributed by atoms with Crippen LogP contribution in [0.25, 0.3) is 0 Å². The highest BCUT2D eigenvalue weighted by Crippen LogP contribution is 2.30. The Morgan fingerprint density at radius 1 is 0.935 bits per heavy atom. The highest BCUT2D eigenvalue weighted by Gasteiger charge is 2.30. The predicted molar refractivity (Wildman–Crippen MR) is 116 cm³/mol. The Morgan fingerprint density at radius 3 is 1.97 bits per heavy atom. The molecule has 0 N–H and O–H groups in total. The van der Waals surface area contributed by atoms with Crippen LogP contribution in [-0.2, 0) is 16.3 Å². The van der Waals surface area contributed by atoms with Crippen molar-refractivity contribution in [3.05, 3.63) is 59.7 Å². The predicted octanol–water partition coefficient (Wildman–Crippen LogP) is 4.53. The maximum atomic E-state index is 12.5. The van der Waals surface area contributed by atoms with Crippen LogP contribution in [0.1, 0.15) is 25.0 Å². The number of hydrogen-bond acceptors (Lipinski definition) is 4. The summed E-state index contributed by atoms with van der Waals surface area (Å²) in [6.45, 7) is 5.74. The van der Waals surface area contributed by atoms with E-state index in [2.05, 4.69) is 19.0 Å². The van der Waals surface area contributed by atoms with Crippen molar-refractivity contribution in [2.75, 3.05) is 45.2 Å². The number of halogens is 3. The number of benzene rings is 2. The number of aryl methyl sites for hydroxylation is 1. The lowest BCUT2D eigenvalue weighted by Gasteiger charge is -2.28. The second-order valence-electron chi connectivity index (χ2n) is 8.04. The molecule has 0 amide bonds. The second kappa shape index (κ2) is 10.5. The van der Waals surface area contributed by atoms with Crippen LogP contribution in [0, 0.1) is 6.92 Å². The highest BCUT2D eigenvalue weighted by atomic mass is 32.2. The standard InChI is InChI=1S/C14H20F3N2.C7H8O3S.CH4/c1-19(2)10-3-8-18(9-11-19)13-6-4-12(5-7-13)14(15,16)17;1-6-2-4-7(5-3-6)11(8,9)10;/h4-7H,3,8-11H2,1-2H3;2-5H,1H3,(H,8,9,10);1H4/q+1;;/p-1. The molecule has 1 heterocycles. The second-order valence-corrected chi connectivity index (χ2v) is 9.42. The fourth-order valence-corrected chi connectivity index (χ4v) is 3.60. The molecule has 9 heteroatoms. The third-order valence-electron chi connectivity index (χ3n) is 5.04. The number of rotatable bonds is 2. The minimum atomic E-state index is -4.27. The lowest BCUT2D eigenvalue weighted by Crippen LogP contribution is -2.42. The van der Waals surface area contributed by atoms with Crippen LogP contribution in [0.2, 0.25) is 0 Å². The fourth-order valence-electron chi connectivity index (χ4n) is 3.13. The first-order valence-electron chi connectivity index (χ1n) is 9.55. The fraction of sp³-hybridized carbons (Fsp3) is 0.455. The van der Waals surface area contributed by atoms with Gasteiger partial charge in [-0.1, -0.05) is 25.1 Å². The average Bonchev–Trinajstić information content (AvgIpc) is 2.82. The molecular weight excluding hydrogens is 429 g/mol. The van der Waals surface area contributed by atoms with Gasteiger partial charge in [-0.15, -0.1) is 0 Å². The van der Waals surface area contributed by atoms with Crippen molar-refractivity contribution in [1.29, 1.82) is 0 Å². The number of anilines is 1. The Balaban J connectivity index is 0.000000344. The molecule has 0 aromatic heterocycles. The molecule has 0 radical (unpaired) electrons. The van der Waals surface area contributed by atoms with Gasteiger partial charge in [0.05, 0.1) is 44.2 Å². The van der Waals surface area contributed by atoms with Crippen molar-refractivity contribution in [3.8, 4) is 0 Å². The van der Waals surface area contributed by atoms with Crippen molar-refractivity contribution >= 4 is 15.8 Å². The van der Waals surface area contributed by atoms with Crippen molar-refractivity contribution in [1.82, 2.24) is 0 Å². The van der Waals surface area contributed by atoms with Gasteiger partial charge in [0.2, 0.25) is 0 Å². The number of hydrogen-bond donors (Lipinski definition) is 0. The van der Waals surface area contributed by atoms with E-state index in [-0.39, 0.29) is 12.3 Å². The van der Waals surface area contributed by atoms with Crippen molar-refractivity contribution in [2.45, 2.75) is 31.8 Å². The van der Waals surface area contributed by atoms with Gasteiger partial charge >= 0.3 is 6.18 Å². The van der Waals surface area contributed by atoms with Crippen LogP contribution in [0.15, 0.2) is 53.4 Å². The Hall–Kier alpha value is -2.10. The summed E-state index contributed by atoms with van der Waals surface area (Å²) in [6.07, 6.45) is -3.19. The van der Waals surface area contributed by atoms with E-state index in [9.17, 15) is 26.1 Å². The number of nitrogens with zero attached hydrogens (tertiary/aromatic N) is 2. The Morgan fingerprint density at radius 2 is 1.48 bits per heavy atom. The van der Waals surface area contributed by atoms with Crippen LogP contribution >= 0.6 is 0 Å². The SMILES string of the molecule is C.C[N+]1(C)CCCN(c2ccc(C(F)(F)F)cc2)CC1.Cc1ccc(S(=O)(=O)[O-])cc1. The van der Waals surface area contributed by atoms with Gasteiger partial charge in [0.25, 0.3) is 0 Å². The molecule has 1 aliphatic heterocycles. The summed E-state index contributed by atoms with van der Waals surface area (Å²) in [5.41, 5.74) is 1.23. The Labute approximate surface area is 183 Å². The van der Waals surface area contributed by atoms with Gasteiger partial charge in [-0.2, -0.15) is 13.2 Å². The Kier molecular flexibility index (Phi) is 9.10. The average molecular weight is 461 g/mol. The summed E-state index contributed by atoms with van der Waals surface area (Å²) in [4.78, 5) is 2.00. The maximum Gasteiger partial charge on any atom is 0.416 e. The van der Waals surface area contributed by atoms with Gasteiger partial charge < -0.3 is 13.9 Å². The third-order valence-corrected chi connectivity index (χ3v) is 5.89. The van der Waals surface area contributed by atoms with E-state index in [0.29, 0.717) is 0 Å². The van der Waals surface area contributed by atoms with Crippen molar-refractivity contribution in [2.24, 2.45) is 0 Å². The van der Waals surface area contributed by atoms with Gasteiger partial charge in [0, 0.05) is 18.7 Å². The minimum absolute atomic E-state index is 0. The first-order valence-corrected chi connectivity index (χ1v) is 11.0. The minimum Gasteiger partial charge on any atom is -0.744 e. The zero-order valence-corrected chi connectivity index (χ0v) is 18.1. The Bertz CT molecular complexity index is 926. The third kappa shape index (κ3) is 8.51. The van der Waals surface area contributed by atoms with E-state index in [1.54, 1.807) is 24.3 Å². The molecule has 3 rings (SSSR count). The molecule has 2 aromatic rings. The molecule has 0 unspecified atom stereocenters. The van der Waals surface area contributed by atoms with Crippen molar-refractivity contribution in [3.63, 3.8) is 0 Å². The molecule has 0 aliphatic carbocycles. The quantitative estimate of drug-likeness (QED) is 0.488. The van der Waals surface area contributed by atoms with Gasteiger partial charge in [-0.3, -0.25) is 0 Å². The van der Waals surface area contributed by atoms with E-state index in [0.717, 1.165) is 48.3 Å². The monoisotopic (exact) mass is 460 g/mol. The van der Waals surface area contributed by atoms with Crippen molar-refractivity contribution < 1.29 is 30.6 Å². The molecule has 2 aromatic carbocycles.